The molecule has 0 atom stereocenters. The van der Waals surface area contributed by atoms with Gasteiger partial charge < -0.3 is 0 Å². The van der Waals surface area contributed by atoms with Crippen molar-refractivity contribution < 1.29 is 0 Å². The summed E-state index contributed by atoms with van der Waals surface area (Å²) in [7, 11) is 0. The first kappa shape index (κ1) is 17.3. The van der Waals surface area contributed by atoms with Crippen LogP contribution in [0.4, 0.5) is 0 Å². The van der Waals surface area contributed by atoms with Gasteiger partial charge in [0.2, 0.25) is 0 Å². The molecule has 0 aliphatic rings. The summed E-state index contributed by atoms with van der Waals surface area (Å²) in [6.45, 7) is 0. The Labute approximate surface area is 173 Å². The lowest BCUT2D eigenvalue weighted by molar-refractivity contribution is 1.41. The molecule has 3 heteroatoms. The molecule has 28 heavy (non-hydrogen) atoms. The van der Waals surface area contributed by atoms with Gasteiger partial charge in [-0.2, -0.15) is 0 Å². The first-order valence-electron chi connectivity index (χ1n) is 9.09. The zero-order chi connectivity index (χ0) is 18.9. The Morgan fingerprint density at radius 2 is 1.29 bits per heavy atom. The second-order valence-electron chi connectivity index (χ2n) is 6.60. The highest BCUT2D eigenvalue weighted by atomic mass is 35.5. The zero-order valence-corrected chi connectivity index (χ0v) is 16.5. The van der Waals surface area contributed by atoms with E-state index in [2.05, 4.69) is 66.7 Å². The van der Waals surface area contributed by atoms with Crippen molar-refractivity contribution in [3.63, 3.8) is 0 Å². The summed E-state index contributed by atoms with van der Waals surface area (Å²) in [5.41, 5.74) is 4.48. The third kappa shape index (κ3) is 3.26. The number of pyridine rings is 1. The fourth-order valence-corrected chi connectivity index (χ4v) is 4.47. The van der Waals surface area contributed by atoms with E-state index in [1.807, 2.05) is 30.3 Å². The molecule has 1 aromatic heterocycles. The van der Waals surface area contributed by atoms with Crippen molar-refractivity contribution in [2.24, 2.45) is 0 Å². The predicted octanol–water partition coefficient (Wildman–Crippen LogP) is 7.86. The van der Waals surface area contributed by atoms with Crippen molar-refractivity contribution in [3.8, 4) is 11.1 Å². The average Bonchev–Trinajstić information content (AvgIpc) is 2.74. The van der Waals surface area contributed by atoms with Gasteiger partial charge in [-0.25, -0.2) is 4.98 Å². The van der Waals surface area contributed by atoms with Gasteiger partial charge in [0, 0.05) is 31.1 Å². The Morgan fingerprint density at radius 3 is 2.11 bits per heavy atom. The molecule has 0 aliphatic heterocycles. The second kappa shape index (κ2) is 7.31. The molecule has 0 aliphatic carbocycles. The van der Waals surface area contributed by atoms with Gasteiger partial charge >= 0.3 is 0 Å². The molecule has 0 unspecified atom stereocenters. The molecule has 1 heterocycles. The lowest BCUT2D eigenvalue weighted by Gasteiger charge is -2.12. The van der Waals surface area contributed by atoms with Crippen molar-refractivity contribution in [2.45, 2.75) is 9.79 Å². The van der Waals surface area contributed by atoms with Crippen LogP contribution in [-0.2, 0) is 0 Å². The quantitative estimate of drug-likeness (QED) is 0.287. The molecule has 0 N–H and O–H groups in total. The number of rotatable bonds is 3. The van der Waals surface area contributed by atoms with Crippen molar-refractivity contribution in [1.82, 2.24) is 4.98 Å². The second-order valence-corrected chi connectivity index (χ2v) is 8.19. The molecule has 0 fully saturated rings. The van der Waals surface area contributed by atoms with Crippen LogP contribution in [0.15, 0.2) is 107 Å². The van der Waals surface area contributed by atoms with E-state index in [9.17, 15) is 0 Å². The number of aromatic nitrogens is 1. The number of halogens is 1. The normalized spacial score (nSPS) is 11.2. The number of para-hydroxylation sites is 1. The highest BCUT2D eigenvalue weighted by Gasteiger charge is 2.12. The van der Waals surface area contributed by atoms with Gasteiger partial charge in [-0.3, -0.25) is 0 Å². The molecule has 0 amide bonds. The molecular weight excluding hydrogens is 382 g/mol. The number of hydrogen-bond acceptors (Lipinski definition) is 2. The Morgan fingerprint density at radius 1 is 0.607 bits per heavy atom. The average molecular weight is 398 g/mol. The maximum Gasteiger partial charge on any atom is 0.0716 e. The van der Waals surface area contributed by atoms with Crippen LogP contribution in [0.1, 0.15) is 0 Å². The van der Waals surface area contributed by atoms with Gasteiger partial charge in [0.05, 0.1) is 11.0 Å². The highest BCUT2D eigenvalue weighted by Crippen LogP contribution is 2.38. The maximum absolute atomic E-state index is 6.02. The fraction of sp³-hybridized carbons (Fsp3) is 0. The summed E-state index contributed by atoms with van der Waals surface area (Å²) in [6.07, 6.45) is 0. The van der Waals surface area contributed by atoms with Crippen LogP contribution in [0.3, 0.4) is 0 Å². The van der Waals surface area contributed by atoms with E-state index >= 15 is 0 Å². The standard InChI is InChI=1S/C25H16ClNS/c26-18-10-12-19(13-11-18)28-20-14-15-24-22(16-20)25(17-6-2-1-3-7-17)21-8-4-5-9-23(21)27-24/h1-16H. The molecule has 0 saturated heterocycles. The summed E-state index contributed by atoms with van der Waals surface area (Å²) in [6, 6.07) is 33.4. The minimum atomic E-state index is 0.755. The molecule has 0 saturated carbocycles. The van der Waals surface area contributed by atoms with E-state index in [4.69, 9.17) is 16.6 Å². The summed E-state index contributed by atoms with van der Waals surface area (Å²) in [5, 5.41) is 3.10. The molecule has 134 valence electrons. The zero-order valence-electron chi connectivity index (χ0n) is 15.0. The maximum atomic E-state index is 6.02. The third-order valence-electron chi connectivity index (χ3n) is 4.76. The number of fused-ring (bicyclic) bond motifs is 2. The van der Waals surface area contributed by atoms with Crippen LogP contribution in [0.2, 0.25) is 5.02 Å². The Hall–Kier alpha value is -2.81. The summed E-state index contributed by atoms with van der Waals surface area (Å²) in [5.74, 6) is 0. The van der Waals surface area contributed by atoms with Gasteiger partial charge in [-0.1, -0.05) is 71.9 Å². The minimum absolute atomic E-state index is 0.755. The van der Waals surface area contributed by atoms with Gasteiger partial charge in [0.15, 0.2) is 0 Å². The Bertz CT molecular complexity index is 1280. The van der Waals surface area contributed by atoms with Crippen LogP contribution in [0.25, 0.3) is 32.9 Å². The van der Waals surface area contributed by atoms with E-state index in [-0.39, 0.29) is 0 Å². The molecular formula is C25H16ClNS. The molecule has 1 nitrogen and oxygen atoms in total. The Balaban J connectivity index is 1.73. The molecule has 5 rings (SSSR count). The first-order valence-corrected chi connectivity index (χ1v) is 10.3. The monoisotopic (exact) mass is 397 g/mol. The third-order valence-corrected chi connectivity index (χ3v) is 6.01. The van der Waals surface area contributed by atoms with E-state index in [0.29, 0.717) is 0 Å². The van der Waals surface area contributed by atoms with Gasteiger partial charge in [0.1, 0.15) is 0 Å². The summed E-state index contributed by atoms with van der Waals surface area (Å²) < 4.78 is 0. The lowest BCUT2D eigenvalue weighted by atomic mass is 9.96. The molecule has 5 aromatic rings. The Kier molecular flexibility index (Phi) is 4.52. The van der Waals surface area contributed by atoms with E-state index in [1.165, 1.54) is 31.7 Å². The summed E-state index contributed by atoms with van der Waals surface area (Å²) >= 11 is 7.75. The van der Waals surface area contributed by atoms with Gasteiger partial charge in [-0.05, 0) is 54.1 Å². The van der Waals surface area contributed by atoms with Crippen LogP contribution >= 0.6 is 23.4 Å². The topological polar surface area (TPSA) is 12.9 Å². The molecule has 0 spiro atoms. The van der Waals surface area contributed by atoms with Crippen LogP contribution in [0.5, 0.6) is 0 Å². The fourth-order valence-electron chi connectivity index (χ4n) is 3.49. The van der Waals surface area contributed by atoms with Crippen LogP contribution in [0, 0.1) is 0 Å². The molecule has 4 aromatic carbocycles. The molecule has 0 bridgehead atoms. The van der Waals surface area contributed by atoms with E-state index in [0.717, 1.165) is 16.1 Å². The van der Waals surface area contributed by atoms with Crippen molar-refractivity contribution in [1.29, 1.82) is 0 Å². The van der Waals surface area contributed by atoms with Crippen molar-refractivity contribution in [3.05, 3.63) is 102 Å². The first-order chi connectivity index (χ1) is 13.8. The van der Waals surface area contributed by atoms with Crippen LogP contribution < -0.4 is 0 Å². The number of hydrogen-bond donors (Lipinski definition) is 0. The van der Waals surface area contributed by atoms with E-state index in [1.54, 1.807) is 11.8 Å². The smallest absolute Gasteiger partial charge is 0.0716 e. The lowest BCUT2D eigenvalue weighted by Crippen LogP contribution is -1.89. The predicted molar refractivity (Wildman–Crippen MR) is 120 cm³/mol. The SMILES string of the molecule is Clc1ccc(Sc2ccc3nc4ccccc4c(-c4ccccc4)c3c2)cc1. The van der Waals surface area contributed by atoms with Crippen molar-refractivity contribution >= 4 is 45.2 Å². The van der Waals surface area contributed by atoms with Gasteiger partial charge in [-0.15, -0.1) is 0 Å². The van der Waals surface area contributed by atoms with E-state index < -0.39 is 0 Å². The highest BCUT2D eigenvalue weighted by molar-refractivity contribution is 7.99. The van der Waals surface area contributed by atoms with Crippen molar-refractivity contribution in [2.75, 3.05) is 0 Å². The number of nitrogens with zero attached hydrogens (tertiary/aromatic N) is 1. The number of benzene rings is 4. The summed E-state index contributed by atoms with van der Waals surface area (Å²) in [4.78, 5) is 7.25. The largest absolute Gasteiger partial charge is 0.248 e. The van der Waals surface area contributed by atoms with Gasteiger partial charge in [0.25, 0.3) is 0 Å². The minimum Gasteiger partial charge on any atom is -0.248 e. The van der Waals surface area contributed by atoms with Crippen LogP contribution in [-0.4, -0.2) is 4.98 Å². The molecule has 0 radical (unpaired) electrons.